The first-order valence-electron chi connectivity index (χ1n) is 9.03. The van der Waals surface area contributed by atoms with E-state index in [0.29, 0.717) is 29.6 Å². The molecule has 2 amide bonds. The number of rotatable bonds is 5. The Balaban J connectivity index is 1.69. The Bertz CT molecular complexity index is 646. The number of methoxy groups -OCH3 is 1. The van der Waals surface area contributed by atoms with Gasteiger partial charge in [0.05, 0.1) is 6.04 Å². The van der Waals surface area contributed by atoms with Crippen LogP contribution >= 0.6 is 11.6 Å². The van der Waals surface area contributed by atoms with Crippen LogP contribution < -0.4 is 5.32 Å². The first-order chi connectivity index (χ1) is 12.6. The predicted octanol–water partition coefficient (Wildman–Crippen LogP) is 2.17. The second-order valence-electron chi connectivity index (χ2n) is 6.85. The van der Waals surface area contributed by atoms with Gasteiger partial charge in [-0.05, 0) is 36.8 Å². The highest BCUT2D eigenvalue weighted by molar-refractivity contribution is 6.31. The molecule has 0 aliphatic carbocycles. The molecule has 0 unspecified atom stereocenters. The van der Waals surface area contributed by atoms with Gasteiger partial charge in [0.1, 0.15) is 6.61 Å². The molecule has 1 aromatic carbocycles. The Hall–Kier alpha value is -1.63. The van der Waals surface area contributed by atoms with Crippen molar-refractivity contribution in [3.63, 3.8) is 0 Å². The molecule has 7 heteroatoms. The van der Waals surface area contributed by atoms with Crippen molar-refractivity contribution in [1.82, 2.24) is 10.2 Å². The number of nitrogens with zero attached hydrogens (tertiary/aromatic N) is 1. The topological polar surface area (TPSA) is 67.9 Å². The quantitative estimate of drug-likeness (QED) is 0.850. The van der Waals surface area contributed by atoms with Gasteiger partial charge in [-0.3, -0.25) is 9.59 Å². The molecule has 1 N–H and O–H groups in total. The summed E-state index contributed by atoms with van der Waals surface area (Å²) in [5.74, 6) is 0.266. The van der Waals surface area contributed by atoms with Crippen molar-refractivity contribution in [3.05, 3.63) is 34.9 Å². The zero-order chi connectivity index (χ0) is 18.5. The average molecular weight is 381 g/mol. The number of halogens is 1. The fourth-order valence-electron chi connectivity index (χ4n) is 3.64. The highest BCUT2D eigenvalue weighted by Gasteiger charge is 2.39. The van der Waals surface area contributed by atoms with Gasteiger partial charge in [-0.1, -0.05) is 29.8 Å². The molecule has 0 saturated carbocycles. The van der Waals surface area contributed by atoms with Crippen LogP contribution in [0.2, 0.25) is 5.02 Å². The van der Waals surface area contributed by atoms with Gasteiger partial charge in [0.2, 0.25) is 5.91 Å². The number of hydrogen-bond donors (Lipinski definition) is 1. The lowest BCUT2D eigenvalue weighted by Crippen LogP contribution is -2.54. The molecule has 2 aliphatic heterocycles. The third-order valence-corrected chi connectivity index (χ3v) is 5.50. The second-order valence-corrected chi connectivity index (χ2v) is 7.26. The number of nitrogens with one attached hydrogen (secondary N) is 1. The third kappa shape index (κ3) is 4.37. The molecule has 0 radical (unpaired) electrons. The monoisotopic (exact) mass is 380 g/mol. The number of carbonyl (C=O) groups is 2. The number of likely N-dealkylation sites (tertiary alicyclic amines) is 1. The fraction of sp³-hybridized carbons (Fsp3) is 0.579. The molecular formula is C19H25ClN2O4. The van der Waals surface area contributed by atoms with Gasteiger partial charge >= 0.3 is 0 Å². The predicted molar refractivity (Wildman–Crippen MR) is 97.9 cm³/mol. The summed E-state index contributed by atoms with van der Waals surface area (Å²) in [6, 6.07) is 6.66. The van der Waals surface area contributed by atoms with Gasteiger partial charge < -0.3 is 19.7 Å². The Morgan fingerprint density at radius 2 is 2.08 bits per heavy atom. The lowest BCUT2D eigenvalue weighted by Gasteiger charge is -2.38. The summed E-state index contributed by atoms with van der Waals surface area (Å²) >= 11 is 6.29. The number of carbonyl (C=O) groups excluding carboxylic acids is 2. The van der Waals surface area contributed by atoms with E-state index in [-0.39, 0.29) is 18.4 Å². The van der Waals surface area contributed by atoms with Gasteiger partial charge in [0, 0.05) is 31.8 Å². The normalized spacial score (nSPS) is 24.4. The van der Waals surface area contributed by atoms with Gasteiger partial charge in [-0.15, -0.1) is 0 Å². The van der Waals surface area contributed by atoms with Gasteiger partial charge in [-0.25, -0.2) is 0 Å². The Morgan fingerprint density at radius 3 is 2.77 bits per heavy atom. The van der Waals surface area contributed by atoms with Gasteiger partial charge in [0.15, 0.2) is 6.10 Å². The van der Waals surface area contributed by atoms with E-state index in [0.717, 1.165) is 25.9 Å². The van der Waals surface area contributed by atoms with E-state index < -0.39 is 12.1 Å². The molecule has 6 nitrogen and oxygen atoms in total. The van der Waals surface area contributed by atoms with E-state index in [2.05, 4.69) is 5.32 Å². The smallest absolute Gasteiger partial charge is 0.254 e. The van der Waals surface area contributed by atoms with Crippen molar-refractivity contribution in [3.8, 4) is 0 Å². The minimum atomic E-state index is -0.747. The first-order valence-corrected chi connectivity index (χ1v) is 9.41. The standard InChI is InChI=1S/C19H25ClN2O4/c1-25-11-8-13-6-9-22(10-7-13)19(24)18-17(21-16(23)12-26-18)14-4-2-3-5-15(14)20/h2-5,13,17-18H,6-12H2,1H3,(H,21,23)/t17-,18+/m1/s1. The average Bonchev–Trinajstić information content (AvgIpc) is 2.66. The number of ether oxygens (including phenoxy) is 2. The van der Waals surface area contributed by atoms with Crippen LogP contribution in [0.4, 0.5) is 0 Å². The van der Waals surface area contributed by atoms with E-state index in [1.165, 1.54) is 0 Å². The highest BCUT2D eigenvalue weighted by Crippen LogP contribution is 2.30. The summed E-state index contributed by atoms with van der Waals surface area (Å²) in [6.45, 7) is 2.05. The summed E-state index contributed by atoms with van der Waals surface area (Å²) in [5, 5.41) is 3.38. The molecular weight excluding hydrogens is 356 g/mol. The maximum atomic E-state index is 13.1. The zero-order valence-electron chi connectivity index (χ0n) is 14.9. The number of piperidine rings is 1. The van der Waals surface area contributed by atoms with Crippen molar-refractivity contribution in [2.45, 2.75) is 31.4 Å². The lowest BCUT2D eigenvalue weighted by atomic mass is 9.92. The molecule has 0 aromatic heterocycles. The number of morpholine rings is 1. The molecule has 2 atom stereocenters. The Kier molecular flexibility index (Phi) is 6.51. The van der Waals surface area contributed by atoms with Crippen LogP contribution in [0.15, 0.2) is 24.3 Å². The molecule has 0 spiro atoms. The van der Waals surface area contributed by atoms with E-state index in [1.54, 1.807) is 13.2 Å². The summed E-state index contributed by atoms with van der Waals surface area (Å²) < 4.78 is 10.8. The van der Waals surface area contributed by atoms with E-state index >= 15 is 0 Å². The fourth-order valence-corrected chi connectivity index (χ4v) is 3.89. The summed E-state index contributed by atoms with van der Waals surface area (Å²) in [4.78, 5) is 26.7. The number of hydrogen-bond acceptors (Lipinski definition) is 4. The minimum Gasteiger partial charge on any atom is -0.385 e. The molecule has 0 bridgehead atoms. The molecule has 1 aromatic rings. The van der Waals surface area contributed by atoms with Crippen LogP contribution in [0, 0.1) is 5.92 Å². The highest BCUT2D eigenvalue weighted by atomic mass is 35.5. The summed E-state index contributed by atoms with van der Waals surface area (Å²) in [7, 11) is 1.71. The summed E-state index contributed by atoms with van der Waals surface area (Å²) in [5.41, 5.74) is 0.704. The maximum Gasteiger partial charge on any atom is 0.254 e. The van der Waals surface area contributed by atoms with Crippen LogP contribution in [0.5, 0.6) is 0 Å². The SMILES string of the molecule is COCCC1CCN(C(=O)[C@H]2OCC(=O)N[C@@H]2c2ccccc2Cl)CC1. The molecule has 2 saturated heterocycles. The third-order valence-electron chi connectivity index (χ3n) is 5.15. The van der Waals surface area contributed by atoms with E-state index in [4.69, 9.17) is 21.1 Å². The second kappa shape index (κ2) is 8.84. The number of amides is 2. The maximum absolute atomic E-state index is 13.1. The lowest BCUT2D eigenvalue weighted by molar-refractivity contribution is -0.156. The molecule has 2 heterocycles. The summed E-state index contributed by atoms with van der Waals surface area (Å²) in [6.07, 6.45) is 2.20. The molecule has 26 heavy (non-hydrogen) atoms. The van der Waals surface area contributed by atoms with Crippen LogP contribution in [-0.4, -0.2) is 56.2 Å². The van der Waals surface area contributed by atoms with Gasteiger partial charge in [-0.2, -0.15) is 0 Å². The van der Waals surface area contributed by atoms with E-state index in [9.17, 15) is 9.59 Å². The van der Waals surface area contributed by atoms with Crippen molar-refractivity contribution in [2.24, 2.45) is 5.92 Å². The van der Waals surface area contributed by atoms with Crippen LogP contribution in [0.3, 0.4) is 0 Å². The Morgan fingerprint density at radius 1 is 1.35 bits per heavy atom. The largest absolute Gasteiger partial charge is 0.385 e. The molecule has 2 aliphatic rings. The van der Waals surface area contributed by atoms with E-state index in [1.807, 2.05) is 23.1 Å². The van der Waals surface area contributed by atoms with Crippen LogP contribution in [0.1, 0.15) is 30.9 Å². The Labute approximate surface area is 158 Å². The number of benzene rings is 1. The van der Waals surface area contributed by atoms with Crippen molar-refractivity contribution >= 4 is 23.4 Å². The van der Waals surface area contributed by atoms with Crippen molar-refractivity contribution in [1.29, 1.82) is 0 Å². The van der Waals surface area contributed by atoms with Crippen LogP contribution in [-0.2, 0) is 19.1 Å². The van der Waals surface area contributed by atoms with Gasteiger partial charge in [0.25, 0.3) is 5.91 Å². The molecule has 2 fully saturated rings. The van der Waals surface area contributed by atoms with Crippen molar-refractivity contribution < 1.29 is 19.1 Å². The van der Waals surface area contributed by atoms with Crippen LogP contribution in [0.25, 0.3) is 0 Å². The molecule has 142 valence electrons. The minimum absolute atomic E-state index is 0.0832. The first kappa shape index (κ1) is 19.1. The zero-order valence-corrected chi connectivity index (χ0v) is 15.7. The van der Waals surface area contributed by atoms with Crippen molar-refractivity contribution in [2.75, 3.05) is 33.4 Å². The molecule has 3 rings (SSSR count).